The molecule has 2 aromatic rings. The van der Waals surface area contributed by atoms with Gasteiger partial charge in [0.15, 0.2) is 0 Å². The van der Waals surface area contributed by atoms with Crippen molar-refractivity contribution < 1.29 is 14.1 Å². The van der Waals surface area contributed by atoms with E-state index in [-0.39, 0.29) is 16.9 Å². The van der Waals surface area contributed by atoms with Crippen molar-refractivity contribution in [3.05, 3.63) is 75.1 Å². The Balaban J connectivity index is 2.29. The van der Waals surface area contributed by atoms with Crippen LogP contribution in [0.4, 0.5) is 15.8 Å². The van der Waals surface area contributed by atoms with Gasteiger partial charge < -0.3 is 5.32 Å². The molecular formula is C17H12FN3O3. The van der Waals surface area contributed by atoms with Gasteiger partial charge in [-0.05, 0) is 42.3 Å². The van der Waals surface area contributed by atoms with Gasteiger partial charge in [0.2, 0.25) is 0 Å². The van der Waals surface area contributed by atoms with Gasteiger partial charge in [0.05, 0.1) is 4.92 Å². The molecule has 1 amide bonds. The standard InChI is InChI=1S/C17H12FN3O3/c1-11-2-7-15(16(8-11)21(23)24)20-17(22)13(10-19)9-12-3-5-14(18)6-4-12/h2-9H,1H3,(H,20,22)/b13-9+. The van der Waals surface area contributed by atoms with Crippen LogP contribution in [0, 0.1) is 34.2 Å². The maximum atomic E-state index is 12.9. The van der Waals surface area contributed by atoms with Gasteiger partial charge in [0.1, 0.15) is 23.1 Å². The highest BCUT2D eigenvalue weighted by molar-refractivity contribution is 6.10. The molecular weight excluding hydrogens is 313 g/mol. The van der Waals surface area contributed by atoms with Crippen LogP contribution in [0.25, 0.3) is 6.08 Å². The second kappa shape index (κ2) is 7.15. The smallest absolute Gasteiger partial charge is 0.293 e. The van der Waals surface area contributed by atoms with E-state index in [2.05, 4.69) is 5.32 Å². The monoisotopic (exact) mass is 325 g/mol. The number of nitrogens with zero attached hydrogens (tertiary/aromatic N) is 2. The number of hydrogen-bond donors (Lipinski definition) is 1. The van der Waals surface area contributed by atoms with Crippen molar-refractivity contribution in [1.29, 1.82) is 5.26 Å². The molecule has 0 bridgehead atoms. The van der Waals surface area contributed by atoms with Crippen molar-refractivity contribution in [1.82, 2.24) is 0 Å². The van der Waals surface area contributed by atoms with Crippen LogP contribution in [-0.4, -0.2) is 10.8 Å². The first-order chi connectivity index (χ1) is 11.4. The number of amides is 1. The molecule has 0 radical (unpaired) electrons. The van der Waals surface area contributed by atoms with E-state index < -0.39 is 16.6 Å². The third-order valence-corrected chi connectivity index (χ3v) is 3.14. The minimum absolute atomic E-state index is 0.00384. The summed E-state index contributed by atoms with van der Waals surface area (Å²) < 4.78 is 12.9. The predicted molar refractivity (Wildman–Crippen MR) is 86.5 cm³/mol. The zero-order chi connectivity index (χ0) is 17.7. The van der Waals surface area contributed by atoms with Crippen molar-refractivity contribution in [2.75, 3.05) is 5.32 Å². The number of rotatable bonds is 4. The summed E-state index contributed by atoms with van der Waals surface area (Å²) in [5.41, 5.74) is 0.610. The van der Waals surface area contributed by atoms with Crippen LogP contribution in [0.3, 0.4) is 0 Å². The number of nitro groups is 1. The van der Waals surface area contributed by atoms with E-state index in [1.807, 2.05) is 0 Å². The Bertz CT molecular complexity index is 868. The topological polar surface area (TPSA) is 96.0 Å². The van der Waals surface area contributed by atoms with Gasteiger partial charge >= 0.3 is 0 Å². The molecule has 0 saturated heterocycles. The Morgan fingerprint density at radius 1 is 1.29 bits per heavy atom. The first-order valence-corrected chi connectivity index (χ1v) is 6.84. The van der Waals surface area contributed by atoms with E-state index in [9.17, 15) is 19.3 Å². The predicted octanol–water partition coefficient (Wildman–Crippen LogP) is 3.59. The minimum atomic E-state index is -0.784. The van der Waals surface area contributed by atoms with Gasteiger partial charge in [-0.2, -0.15) is 5.26 Å². The molecule has 0 aliphatic heterocycles. The van der Waals surface area contributed by atoms with E-state index in [0.717, 1.165) is 0 Å². The first-order valence-electron chi connectivity index (χ1n) is 6.84. The maximum Gasteiger partial charge on any atom is 0.293 e. The number of carbonyl (C=O) groups excluding carboxylic acids is 1. The lowest BCUT2D eigenvalue weighted by Crippen LogP contribution is -2.14. The Hall–Kier alpha value is -3.53. The molecule has 6 nitrogen and oxygen atoms in total. The molecule has 7 heteroatoms. The van der Waals surface area contributed by atoms with Crippen LogP contribution >= 0.6 is 0 Å². The minimum Gasteiger partial charge on any atom is -0.316 e. The van der Waals surface area contributed by atoms with E-state index in [1.165, 1.54) is 42.5 Å². The molecule has 0 spiro atoms. The molecule has 24 heavy (non-hydrogen) atoms. The number of nitriles is 1. The van der Waals surface area contributed by atoms with E-state index in [0.29, 0.717) is 11.1 Å². The Kier molecular flexibility index (Phi) is 5.02. The summed E-state index contributed by atoms with van der Waals surface area (Å²) in [4.78, 5) is 22.6. The van der Waals surface area contributed by atoms with Gasteiger partial charge in [-0.1, -0.05) is 18.2 Å². The normalized spacial score (nSPS) is 10.8. The molecule has 0 unspecified atom stereocenters. The molecule has 0 aliphatic rings. The molecule has 0 aliphatic carbocycles. The van der Waals surface area contributed by atoms with Crippen molar-refractivity contribution >= 4 is 23.4 Å². The van der Waals surface area contributed by atoms with Crippen LogP contribution < -0.4 is 5.32 Å². The van der Waals surface area contributed by atoms with Crippen LogP contribution in [0.5, 0.6) is 0 Å². The molecule has 0 atom stereocenters. The van der Waals surface area contributed by atoms with Gasteiger partial charge in [-0.15, -0.1) is 0 Å². The molecule has 1 N–H and O–H groups in total. The fourth-order valence-corrected chi connectivity index (χ4v) is 1.96. The Morgan fingerprint density at radius 2 is 1.96 bits per heavy atom. The van der Waals surface area contributed by atoms with E-state index in [1.54, 1.807) is 19.1 Å². The summed E-state index contributed by atoms with van der Waals surface area (Å²) in [5, 5.41) is 22.5. The highest BCUT2D eigenvalue weighted by Gasteiger charge is 2.18. The molecule has 2 rings (SSSR count). The number of hydrogen-bond acceptors (Lipinski definition) is 4. The van der Waals surface area contributed by atoms with Crippen LogP contribution in [0.1, 0.15) is 11.1 Å². The average molecular weight is 325 g/mol. The zero-order valence-corrected chi connectivity index (χ0v) is 12.6. The van der Waals surface area contributed by atoms with Gasteiger partial charge in [-0.3, -0.25) is 14.9 Å². The average Bonchev–Trinajstić information content (AvgIpc) is 2.55. The highest BCUT2D eigenvalue weighted by atomic mass is 19.1. The summed E-state index contributed by atoms with van der Waals surface area (Å²) in [6.45, 7) is 1.69. The lowest BCUT2D eigenvalue weighted by Gasteiger charge is -2.06. The number of nitrogens with one attached hydrogen (secondary N) is 1. The van der Waals surface area contributed by atoms with E-state index in [4.69, 9.17) is 5.26 Å². The second-order valence-corrected chi connectivity index (χ2v) is 4.95. The van der Waals surface area contributed by atoms with Gasteiger partial charge in [0, 0.05) is 6.07 Å². The highest BCUT2D eigenvalue weighted by Crippen LogP contribution is 2.25. The number of halogens is 1. The lowest BCUT2D eigenvalue weighted by atomic mass is 10.1. The Labute approximate surface area is 137 Å². The summed E-state index contributed by atoms with van der Waals surface area (Å²) in [6, 6.07) is 11.3. The third-order valence-electron chi connectivity index (χ3n) is 3.14. The Morgan fingerprint density at radius 3 is 2.54 bits per heavy atom. The zero-order valence-electron chi connectivity index (χ0n) is 12.6. The number of carbonyl (C=O) groups is 1. The summed E-state index contributed by atoms with van der Waals surface area (Å²) in [6.07, 6.45) is 1.27. The molecule has 0 fully saturated rings. The first kappa shape index (κ1) is 16.8. The fraction of sp³-hybridized carbons (Fsp3) is 0.0588. The number of aryl methyl sites for hydroxylation is 1. The third kappa shape index (κ3) is 4.01. The number of benzene rings is 2. The molecule has 0 heterocycles. The summed E-state index contributed by atoms with van der Waals surface area (Å²) in [7, 11) is 0. The second-order valence-electron chi connectivity index (χ2n) is 4.95. The number of anilines is 1. The van der Waals surface area contributed by atoms with Crippen LogP contribution in [0.2, 0.25) is 0 Å². The van der Waals surface area contributed by atoms with Crippen molar-refractivity contribution in [2.24, 2.45) is 0 Å². The summed E-state index contributed by atoms with van der Waals surface area (Å²) in [5.74, 6) is -1.22. The summed E-state index contributed by atoms with van der Waals surface area (Å²) >= 11 is 0. The molecule has 2 aromatic carbocycles. The fourth-order valence-electron chi connectivity index (χ4n) is 1.96. The number of nitro benzene ring substituents is 1. The quantitative estimate of drug-likeness (QED) is 0.402. The van der Waals surface area contributed by atoms with E-state index >= 15 is 0 Å². The van der Waals surface area contributed by atoms with Crippen molar-refractivity contribution in [3.63, 3.8) is 0 Å². The van der Waals surface area contributed by atoms with Crippen molar-refractivity contribution in [2.45, 2.75) is 6.92 Å². The maximum absolute atomic E-state index is 12.9. The van der Waals surface area contributed by atoms with Crippen LogP contribution in [-0.2, 0) is 4.79 Å². The largest absolute Gasteiger partial charge is 0.316 e. The SMILES string of the molecule is Cc1ccc(NC(=O)/C(C#N)=C/c2ccc(F)cc2)c([N+](=O)[O-])c1. The van der Waals surface area contributed by atoms with Gasteiger partial charge in [0.25, 0.3) is 11.6 Å². The molecule has 120 valence electrons. The molecule has 0 aromatic heterocycles. The van der Waals surface area contributed by atoms with Crippen LogP contribution in [0.15, 0.2) is 48.0 Å². The molecule has 0 saturated carbocycles. The lowest BCUT2D eigenvalue weighted by molar-refractivity contribution is -0.384. The van der Waals surface area contributed by atoms with Gasteiger partial charge in [-0.25, -0.2) is 4.39 Å². The van der Waals surface area contributed by atoms with Crippen molar-refractivity contribution in [3.8, 4) is 6.07 Å².